The Morgan fingerprint density at radius 1 is 1.21 bits per heavy atom. The number of rotatable bonds is 3. The van der Waals surface area contributed by atoms with Crippen LogP contribution in [-0.2, 0) is 11.3 Å². The van der Waals surface area contributed by atoms with Crippen molar-refractivity contribution in [1.29, 1.82) is 0 Å². The second kappa shape index (κ2) is 4.58. The zero-order valence-corrected chi connectivity index (χ0v) is 8.36. The minimum absolute atomic E-state index is 0.357. The van der Waals surface area contributed by atoms with E-state index in [1.807, 2.05) is 18.2 Å². The first kappa shape index (κ1) is 9.69. The van der Waals surface area contributed by atoms with Gasteiger partial charge in [0.2, 0.25) is 0 Å². The minimum atomic E-state index is 0.357. The normalized spacial score (nSPS) is 26.6. The lowest BCUT2D eigenvalue weighted by Crippen LogP contribution is -2.17. The maximum atomic E-state index is 5.81. The lowest BCUT2D eigenvalue weighted by Gasteiger charge is -2.11. The van der Waals surface area contributed by atoms with Gasteiger partial charge in [0.05, 0.1) is 12.7 Å². The van der Waals surface area contributed by atoms with Crippen molar-refractivity contribution in [3.8, 4) is 0 Å². The molecular weight excluding hydrogens is 174 g/mol. The Hall–Kier alpha value is -0.860. The molecule has 1 aromatic rings. The van der Waals surface area contributed by atoms with Crippen LogP contribution in [0.5, 0.6) is 0 Å². The lowest BCUT2D eigenvalue weighted by molar-refractivity contribution is 0.0448. The molecule has 1 aromatic carbocycles. The summed E-state index contributed by atoms with van der Waals surface area (Å²) in [6.07, 6.45) is 3.63. The van der Waals surface area contributed by atoms with E-state index in [1.165, 1.54) is 5.56 Å². The van der Waals surface area contributed by atoms with E-state index in [4.69, 9.17) is 10.5 Å². The van der Waals surface area contributed by atoms with Gasteiger partial charge in [0, 0.05) is 6.04 Å². The van der Waals surface area contributed by atoms with Gasteiger partial charge in [0.1, 0.15) is 0 Å². The molecule has 0 saturated heterocycles. The summed E-state index contributed by atoms with van der Waals surface area (Å²) in [4.78, 5) is 0. The highest BCUT2D eigenvalue weighted by Gasteiger charge is 2.21. The summed E-state index contributed by atoms with van der Waals surface area (Å²) in [6.45, 7) is 0.720. The van der Waals surface area contributed by atoms with Gasteiger partial charge >= 0.3 is 0 Å². The molecule has 2 atom stereocenters. The first-order chi connectivity index (χ1) is 6.84. The molecule has 76 valence electrons. The van der Waals surface area contributed by atoms with Crippen molar-refractivity contribution in [2.45, 2.75) is 38.0 Å². The molecule has 0 unspecified atom stereocenters. The van der Waals surface area contributed by atoms with Crippen molar-refractivity contribution in [1.82, 2.24) is 0 Å². The van der Waals surface area contributed by atoms with Crippen molar-refractivity contribution in [2.24, 2.45) is 5.73 Å². The molecule has 14 heavy (non-hydrogen) atoms. The summed E-state index contributed by atoms with van der Waals surface area (Å²) in [5.41, 5.74) is 7.06. The van der Waals surface area contributed by atoms with Crippen LogP contribution in [-0.4, -0.2) is 12.1 Å². The van der Waals surface area contributed by atoms with Gasteiger partial charge in [0.15, 0.2) is 0 Å². The SMILES string of the molecule is N[C@H]1CC[C@@H](OCc2ccccc2)C1. The van der Waals surface area contributed by atoms with Crippen LogP contribution in [0.15, 0.2) is 30.3 Å². The van der Waals surface area contributed by atoms with Gasteiger partial charge in [-0.2, -0.15) is 0 Å². The molecule has 2 heteroatoms. The van der Waals surface area contributed by atoms with Crippen LogP contribution in [0.4, 0.5) is 0 Å². The van der Waals surface area contributed by atoms with Crippen molar-refractivity contribution < 1.29 is 4.74 Å². The van der Waals surface area contributed by atoms with Crippen LogP contribution in [0.2, 0.25) is 0 Å². The molecule has 0 bridgehead atoms. The number of hydrogen-bond acceptors (Lipinski definition) is 2. The number of benzene rings is 1. The number of ether oxygens (including phenoxy) is 1. The average Bonchev–Trinajstić information content (AvgIpc) is 2.63. The topological polar surface area (TPSA) is 35.2 Å². The zero-order chi connectivity index (χ0) is 9.80. The molecule has 0 heterocycles. The van der Waals surface area contributed by atoms with E-state index < -0.39 is 0 Å². The van der Waals surface area contributed by atoms with Crippen LogP contribution < -0.4 is 5.73 Å². The second-order valence-electron chi connectivity index (χ2n) is 3.99. The summed E-state index contributed by atoms with van der Waals surface area (Å²) < 4.78 is 5.78. The zero-order valence-electron chi connectivity index (χ0n) is 8.36. The summed E-state index contributed by atoms with van der Waals surface area (Å²) in [6, 6.07) is 10.6. The van der Waals surface area contributed by atoms with Crippen LogP contribution in [0.3, 0.4) is 0 Å². The van der Waals surface area contributed by atoms with E-state index >= 15 is 0 Å². The van der Waals surface area contributed by atoms with E-state index in [0.717, 1.165) is 25.9 Å². The Balaban J connectivity index is 1.78. The minimum Gasteiger partial charge on any atom is -0.373 e. The Morgan fingerprint density at radius 3 is 2.64 bits per heavy atom. The Kier molecular flexibility index (Phi) is 3.17. The maximum Gasteiger partial charge on any atom is 0.0720 e. The highest BCUT2D eigenvalue weighted by Crippen LogP contribution is 2.21. The van der Waals surface area contributed by atoms with Crippen LogP contribution in [0, 0.1) is 0 Å². The maximum absolute atomic E-state index is 5.81. The van der Waals surface area contributed by atoms with Gasteiger partial charge in [-0.25, -0.2) is 0 Å². The molecule has 0 aliphatic heterocycles. The smallest absolute Gasteiger partial charge is 0.0720 e. The van der Waals surface area contributed by atoms with Crippen molar-refractivity contribution >= 4 is 0 Å². The molecule has 0 aromatic heterocycles. The van der Waals surface area contributed by atoms with Crippen LogP contribution in [0.1, 0.15) is 24.8 Å². The molecule has 1 saturated carbocycles. The van der Waals surface area contributed by atoms with E-state index in [0.29, 0.717) is 12.1 Å². The summed E-state index contributed by atoms with van der Waals surface area (Å²) in [7, 11) is 0. The molecule has 1 fully saturated rings. The first-order valence-electron chi connectivity index (χ1n) is 5.25. The van der Waals surface area contributed by atoms with Crippen molar-refractivity contribution in [2.75, 3.05) is 0 Å². The quantitative estimate of drug-likeness (QED) is 0.794. The summed E-state index contributed by atoms with van der Waals surface area (Å²) >= 11 is 0. The third-order valence-corrected chi connectivity index (χ3v) is 2.75. The van der Waals surface area contributed by atoms with Gasteiger partial charge in [-0.05, 0) is 24.8 Å². The molecule has 2 nitrogen and oxygen atoms in total. The standard InChI is InChI=1S/C12H17NO/c13-11-6-7-12(8-11)14-9-10-4-2-1-3-5-10/h1-5,11-12H,6-9,13H2/t11-,12+/m0/s1. The van der Waals surface area contributed by atoms with Gasteiger partial charge in [-0.3, -0.25) is 0 Å². The van der Waals surface area contributed by atoms with Crippen LogP contribution in [0.25, 0.3) is 0 Å². The first-order valence-corrected chi connectivity index (χ1v) is 5.25. The lowest BCUT2D eigenvalue weighted by atomic mass is 10.2. The Morgan fingerprint density at radius 2 is 2.00 bits per heavy atom. The largest absolute Gasteiger partial charge is 0.373 e. The molecule has 2 rings (SSSR count). The van der Waals surface area contributed by atoms with E-state index in [2.05, 4.69) is 12.1 Å². The predicted octanol–water partition coefficient (Wildman–Crippen LogP) is 2.08. The summed E-state index contributed by atoms with van der Waals surface area (Å²) in [5.74, 6) is 0. The molecule has 0 spiro atoms. The molecule has 1 aliphatic carbocycles. The van der Waals surface area contributed by atoms with Gasteiger partial charge < -0.3 is 10.5 Å². The molecular formula is C12H17NO. The summed E-state index contributed by atoms with van der Waals surface area (Å²) in [5, 5.41) is 0. The Labute approximate surface area is 85.1 Å². The Bertz CT molecular complexity index is 273. The monoisotopic (exact) mass is 191 g/mol. The predicted molar refractivity (Wildman–Crippen MR) is 56.8 cm³/mol. The van der Waals surface area contributed by atoms with E-state index in [1.54, 1.807) is 0 Å². The third-order valence-electron chi connectivity index (χ3n) is 2.75. The van der Waals surface area contributed by atoms with Crippen LogP contribution >= 0.6 is 0 Å². The fourth-order valence-corrected chi connectivity index (χ4v) is 1.91. The van der Waals surface area contributed by atoms with Crippen molar-refractivity contribution in [3.05, 3.63) is 35.9 Å². The molecule has 2 N–H and O–H groups in total. The van der Waals surface area contributed by atoms with Crippen molar-refractivity contribution in [3.63, 3.8) is 0 Å². The second-order valence-corrected chi connectivity index (χ2v) is 3.99. The van der Waals surface area contributed by atoms with E-state index in [9.17, 15) is 0 Å². The van der Waals surface area contributed by atoms with E-state index in [-0.39, 0.29) is 0 Å². The fourth-order valence-electron chi connectivity index (χ4n) is 1.91. The van der Waals surface area contributed by atoms with Gasteiger partial charge in [0.25, 0.3) is 0 Å². The molecule has 0 amide bonds. The number of nitrogens with two attached hydrogens (primary N) is 1. The van der Waals surface area contributed by atoms with Gasteiger partial charge in [-0.1, -0.05) is 30.3 Å². The highest BCUT2D eigenvalue weighted by atomic mass is 16.5. The average molecular weight is 191 g/mol. The number of hydrogen-bond donors (Lipinski definition) is 1. The van der Waals surface area contributed by atoms with Gasteiger partial charge in [-0.15, -0.1) is 0 Å². The highest BCUT2D eigenvalue weighted by molar-refractivity contribution is 5.13. The fraction of sp³-hybridized carbons (Fsp3) is 0.500. The molecule has 0 radical (unpaired) electrons. The molecule has 1 aliphatic rings. The third kappa shape index (κ3) is 2.56.